The quantitative estimate of drug-likeness (QED) is 0.441. The summed E-state index contributed by atoms with van der Waals surface area (Å²) in [6.07, 6.45) is 3.85. The molecule has 0 heterocycles. The first-order valence-corrected chi connectivity index (χ1v) is 7.55. The molecule has 0 fully saturated rings. The minimum Gasteiger partial charge on any atom is -0.465 e. The summed E-state index contributed by atoms with van der Waals surface area (Å²) in [5.74, 6) is 0.831. The maximum atomic E-state index is 12.5. The van der Waals surface area contributed by atoms with Crippen molar-refractivity contribution < 1.29 is 13.9 Å². The summed E-state index contributed by atoms with van der Waals surface area (Å²) in [6.45, 7) is 5.97. The summed E-state index contributed by atoms with van der Waals surface area (Å²) < 4.78 is 17.5. The topological polar surface area (TPSA) is 26.3 Å². The molecule has 4 heteroatoms. The average Bonchev–Trinajstić information content (AvgIpc) is 2.29. The summed E-state index contributed by atoms with van der Waals surface area (Å²) >= 11 is 1.63. The smallest absolute Gasteiger partial charge is 0.318 e. The predicted molar refractivity (Wildman–Crippen MR) is 72.2 cm³/mol. The van der Waals surface area contributed by atoms with Gasteiger partial charge in [0.05, 0.1) is 18.0 Å². The van der Waals surface area contributed by atoms with Crippen LogP contribution in [0, 0.1) is 0 Å². The largest absolute Gasteiger partial charge is 0.465 e. The minimum atomic E-state index is -0.689. The summed E-state index contributed by atoms with van der Waals surface area (Å²) in [5.41, 5.74) is 0. The third kappa shape index (κ3) is 10.6. The van der Waals surface area contributed by atoms with E-state index in [1.165, 1.54) is 0 Å². The zero-order chi connectivity index (χ0) is 13.1. The molecular formula is C13H25FO2S. The van der Waals surface area contributed by atoms with Crippen molar-refractivity contribution in [2.75, 3.05) is 12.4 Å². The van der Waals surface area contributed by atoms with E-state index in [0.717, 1.165) is 31.4 Å². The number of alkyl halides is 1. The van der Waals surface area contributed by atoms with Crippen LogP contribution in [0.5, 0.6) is 0 Å². The molecule has 0 aromatic rings. The molecule has 0 aliphatic carbocycles. The average molecular weight is 264 g/mol. The van der Waals surface area contributed by atoms with Crippen LogP contribution in [0.3, 0.4) is 0 Å². The van der Waals surface area contributed by atoms with Gasteiger partial charge in [-0.3, -0.25) is 4.79 Å². The number of hydrogen-bond acceptors (Lipinski definition) is 3. The van der Waals surface area contributed by atoms with Crippen molar-refractivity contribution in [1.29, 1.82) is 0 Å². The number of ether oxygens (including phenoxy) is 1. The number of halogens is 1. The lowest BCUT2D eigenvalue weighted by Crippen LogP contribution is -2.17. The molecule has 2 nitrogen and oxygen atoms in total. The second-order valence-corrected chi connectivity index (χ2v) is 5.76. The third-order valence-corrected chi connectivity index (χ3v) is 3.61. The second kappa shape index (κ2) is 10.9. The Balaban J connectivity index is 3.38. The number of carbonyl (C=O) groups is 1. The van der Waals surface area contributed by atoms with Crippen molar-refractivity contribution in [3.8, 4) is 0 Å². The zero-order valence-electron chi connectivity index (χ0n) is 11.2. The molecule has 0 spiro atoms. The van der Waals surface area contributed by atoms with E-state index in [2.05, 4.69) is 0 Å². The molecule has 0 aromatic carbocycles. The SMILES string of the molecule is CCCOC(=O)C(C)SCCCCCC(C)F. The van der Waals surface area contributed by atoms with Crippen LogP contribution < -0.4 is 0 Å². The highest BCUT2D eigenvalue weighted by Crippen LogP contribution is 2.16. The van der Waals surface area contributed by atoms with E-state index in [4.69, 9.17) is 4.74 Å². The fourth-order valence-corrected chi connectivity index (χ4v) is 2.28. The molecule has 0 radical (unpaired) electrons. The lowest BCUT2D eigenvalue weighted by Gasteiger charge is -2.10. The van der Waals surface area contributed by atoms with E-state index in [9.17, 15) is 9.18 Å². The van der Waals surface area contributed by atoms with Gasteiger partial charge in [-0.15, -0.1) is 11.8 Å². The van der Waals surface area contributed by atoms with E-state index in [1.54, 1.807) is 18.7 Å². The van der Waals surface area contributed by atoms with Crippen molar-refractivity contribution in [3.63, 3.8) is 0 Å². The Labute approximate surface area is 109 Å². The predicted octanol–water partition coefficient (Wildman–Crippen LogP) is 3.98. The van der Waals surface area contributed by atoms with Gasteiger partial charge in [0.15, 0.2) is 0 Å². The number of thioether (sulfide) groups is 1. The van der Waals surface area contributed by atoms with Crippen LogP contribution >= 0.6 is 11.8 Å². The van der Waals surface area contributed by atoms with E-state index in [1.807, 2.05) is 13.8 Å². The van der Waals surface area contributed by atoms with Gasteiger partial charge in [-0.2, -0.15) is 0 Å². The number of unbranched alkanes of at least 4 members (excludes halogenated alkanes) is 2. The summed E-state index contributed by atoms with van der Waals surface area (Å²) in [4.78, 5) is 11.4. The van der Waals surface area contributed by atoms with Gasteiger partial charge in [-0.05, 0) is 38.9 Å². The lowest BCUT2D eigenvalue weighted by atomic mass is 10.1. The molecule has 102 valence electrons. The lowest BCUT2D eigenvalue weighted by molar-refractivity contribution is -0.142. The molecule has 0 aromatic heterocycles. The van der Waals surface area contributed by atoms with Gasteiger partial charge in [0.25, 0.3) is 0 Å². The van der Waals surface area contributed by atoms with E-state index in [-0.39, 0.29) is 11.2 Å². The van der Waals surface area contributed by atoms with Gasteiger partial charge >= 0.3 is 5.97 Å². The number of esters is 1. The molecular weight excluding hydrogens is 239 g/mol. The molecule has 0 rings (SSSR count). The van der Waals surface area contributed by atoms with Crippen molar-refractivity contribution in [2.24, 2.45) is 0 Å². The maximum Gasteiger partial charge on any atom is 0.318 e. The highest BCUT2D eigenvalue weighted by molar-refractivity contribution is 8.00. The van der Waals surface area contributed by atoms with Crippen molar-refractivity contribution in [3.05, 3.63) is 0 Å². The normalized spacial score (nSPS) is 14.4. The van der Waals surface area contributed by atoms with E-state index < -0.39 is 6.17 Å². The van der Waals surface area contributed by atoms with Gasteiger partial charge < -0.3 is 4.74 Å². The van der Waals surface area contributed by atoms with Gasteiger partial charge in [0.1, 0.15) is 0 Å². The third-order valence-electron chi connectivity index (χ3n) is 2.39. The van der Waals surface area contributed by atoms with Crippen LogP contribution in [0.2, 0.25) is 0 Å². The molecule has 17 heavy (non-hydrogen) atoms. The van der Waals surface area contributed by atoms with Gasteiger partial charge in [0, 0.05) is 0 Å². The van der Waals surface area contributed by atoms with Gasteiger partial charge in [-0.25, -0.2) is 4.39 Å². The Morgan fingerprint density at radius 2 is 2.00 bits per heavy atom. The second-order valence-electron chi connectivity index (χ2n) is 4.31. The minimum absolute atomic E-state index is 0.0818. The molecule has 2 atom stereocenters. The molecule has 0 bridgehead atoms. The Bertz CT molecular complexity index is 198. The van der Waals surface area contributed by atoms with Crippen molar-refractivity contribution >= 4 is 17.7 Å². The molecule has 0 aliphatic rings. The van der Waals surface area contributed by atoms with Crippen LogP contribution in [0.15, 0.2) is 0 Å². The number of rotatable bonds is 10. The standard InChI is InChI=1S/C13H25FO2S/c1-4-9-16-13(15)12(3)17-10-7-5-6-8-11(2)14/h11-12H,4-10H2,1-3H3. The first-order valence-electron chi connectivity index (χ1n) is 6.50. The van der Waals surface area contributed by atoms with E-state index >= 15 is 0 Å². The van der Waals surface area contributed by atoms with Crippen LogP contribution in [0.4, 0.5) is 4.39 Å². The highest BCUT2D eigenvalue weighted by Gasteiger charge is 2.13. The Hall–Kier alpha value is -0.250. The van der Waals surface area contributed by atoms with Crippen LogP contribution in [0.1, 0.15) is 52.9 Å². The Morgan fingerprint density at radius 3 is 2.59 bits per heavy atom. The zero-order valence-corrected chi connectivity index (χ0v) is 12.0. The van der Waals surface area contributed by atoms with E-state index in [0.29, 0.717) is 13.0 Å². The number of carbonyl (C=O) groups excluding carboxylic acids is 1. The molecule has 0 amide bonds. The van der Waals surface area contributed by atoms with Crippen LogP contribution in [-0.4, -0.2) is 29.8 Å². The first-order chi connectivity index (χ1) is 8.07. The van der Waals surface area contributed by atoms with Gasteiger partial charge in [0.2, 0.25) is 0 Å². The molecule has 0 saturated carbocycles. The molecule has 2 unspecified atom stereocenters. The Morgan fingerprint density at radius 1 is 1.29 bits per heavy atom. The monoisotopic (exact) mass is 264 g/mol. The molecule has 0 N–H and O–H groups in total. The fourth-order valence-electron chi connectivity index (χ4n) is 1.35. The van der Waals surface area contributed by atoms with Gasteiger partial charge in [-0.1, -0.05) is 19.8 Å². The fraction of sp³-hybridized carbons (Fsp3) is 0.923. The highest BCUT2D eigenvalue weighted by atomic mass is 32.2. The molecule has 0 aliphatic heterocycles. The summed E-state index contributed by atoms with van der Waals surface area (Å²) in [6, 6.07) is 0. The maximum absolute atomic E-state index is 12.5. The summed E-state index contributed by atoms with van der Waals surface area (Å²) in [7, 11) is 0. The first kappa shape index (κ1) is 16.8. The summed E-state index contributed by atoms with van der Waals surface area (Å²) in [5, 5.41) is -0.0818. The van der Waals surface area contributed by atoms with Crippen LogP contribution in [-0.2, 0) is 9.53 Å². The Kier molecular flexibility index (Phi) is 10.7. The number of hydrogen-bond donors (Lipinski definition) is 0. The molecule has 0 saturated heterocycles. The van der Waals surface area contributed by atoms with Crippen LogP contribution in [0.25, 0.3) is 0 Å². The van der Waals surface area contributed by atoms with Crippen molar-refractivity contribution in [2.45, 2.75) is 64.3 Å². The van der Waals surface area contributed by atoms with Crippen molar-refractivity contribution in [1.82, 2.24) is 0 Å².